The van der Waals surface area contributed by atoms with E-state index in [9.17, 15) is 18.0 Å². The molecule has 19 heavy (non-hydrogen) atoms. The van der Waals surface area contributed by atoms with E-state index in [-0.39, 0.29) is 11.2 Å². The zero-order chi connectivity index (χ0) is 14.0. The minimum absolute atomic E-state index is 0.233. The molecule has 6 heteroatoms. The van der Waals surface area contributed by atoms with Crippen molar-refractivity contribution in [2.45, 2.75) is 38.9 Å². The van der Waals surface area contributed by atoms with E-state index in [2.05, 4.69) is 4.98 Å². The number of unbranched alkanes of at least 4 members (excludes halogenated alkanes) is 2. The summed E-state index contributed by atoms with van der Waals surface area (Å²) in [5, 5.41) is 0. The summed E-state index contributed by atoms with van der Waals surface area (Å²) < 4.78 is 39.2. The fraction of sp³-hybridized carbons (Fsp3) is 0.462. The van der Waals surface area contributed by atoms with Gasteiger partial charge in [-0.1, -0.05) is 19.8 Å². The molecule has 104 valence electrons. The molecule has 0 radical (unpaired) electrons. The zero-order valence-electron chi connectivity index (χ0n) is 10.5. The Morgan fingerprint density at radius 3 is 2.63 bits per heavy atom. The summed E-state index contributed by atoms with van der Waals surface area (Å²) in [7, 11) is 0. The summed E-state index contributed by atoms with van der Waals surface area (Å²) in [6.45, 7) is 2.58. The Morgan fingerprint density at radius 1 is 1.26 bits per heavy atom. The van der Waals surface area contributed by atoms with Gasteiger partial charge in [0.1, 0.15) is 0 Å². The van der Waals surface area contributed by atoms with Gasteiger partial charge in [0.25, 0.3) is 0 Å². The number of alkyl halides is 3. The maximum atomic E-state index is 12.6. The molecule has 0 spiro atoms. The number of imidazole rings is 1. The standard InChI is InChI=1S/C13H15F3N2O/c1-2-3-4-7-18-11-6-5-9(13(14,15)16)8-10(11)17-12(18)19/h5-6,8H,2-4,7H2,1H3,(H,17,19). The number of aromatic amines is 1. The monoisotopic (exact) mass is 272 g/mol. The first-order chi connectivity index (χ1) is 8.93. The molecular formula is C13H15F3N2O. The van der Waals surface area contributed by atoms with Crippen LogP contribution < -0.4 is 5.69 Å². The van der Waals surface area contributed by atoms with Crippen molar-refractivity contribution in [3.8, 4) is 0 Å². The molecule has 0 fully saturated rings. The summed E-state index contributed by atoms with van der Waals surface area (Å²) >= 11 is 0. The summed E-state index contributed by atoms with van der Waals surface area (Å²) in [5.74, 6) is 0. The van der Waals surface area contributed by atoms with Crippen molar-refractivity contribution in [1.29, 1.82) is 0 Å². The van der Waals surface area contributed by atoms with Crippen molar-refractivity contribution >= 4 is 11.0 Å². The minimum atomic E-state index is -4.39. The molecule has 0 unspecified atom stereocenters. The van der Waals surface area contributed by atoms with Crippen LogP contribution in [0.2, 0.25) is 0 Å². The summed E-state index contributed by atoms with van der Waals surface area (Å²) in [5.41, 5.74) is -0.349. The number of fused-ring (bicyclic) bond motifs is 1. The van der Waals surface area contributed by atoms with Gasteiger partial charge in [-0.05, 0) is 24.6 Å². The number of H-pyrrole nitrogens is 1. The van der Waals surface area contributed by atoms with E-state index in [0.29, 0.717) is 12.1 Å². The van der Waals surface area contributed by atoms with Crippen LogP contribution in [0.3, 0.4) is 0 Å². The van der Waals surface area contributed by atoms with Crippen molar-refractivity contribution in [1.82, 2.24) is 9.55 Å². The Balaban J connectivity index is 2.40. The number of nitrogens with zero attached hydrogens (tertiary/aromatic N) is 1. The van der Waals surface area contributed by atoms with E-state index in [4.69, 9.17) is 0 Å². The van der Waals surface area contributed by atoms with Gasteiger partial charge >= 0.3 is 11.9 Å². The average Bonchev–Trinajstić information content (AvgIpc) is 2.64. The SMILES string of the molecule is CCCCCn1c(=O)[nH]c2cc(C(F)(F)F)ccc21. The van der Waals surface area contributed by atoms with Crippen molar-refractivity contribution in [2.24, 2.45) is 0 Å². The van der Waals surface area contributed by atoms with Gasteiger partial charge in [0.05, 0.1) is 16.6 Å². The molecule has 0 bridgehead atoms. The number of aromatic nitrogens is 2. The molecule has 0 amide bonds. The molecule has 2 rings (SSSR count). The lowest BCUT2D eigenvalue weighted by Crippen LogP contribution is -2.16. The highest BCUT2D eigenvalue weighted by atomic mass is 19.4. The van der Waals surface area contributed by atoms with E-state index in [1.807, 2.05) is 6.92 Å². The van der Waals surface area contributed by atoms with Crippen molar-refractivity contribution in [3.63, 3.8) is 0 Å². The smallest absolute Gasteiger partial charge is 0.306 e. The number of rotatable bonds is 4. The first-order valence-electron chi connectivity index (χ1n) is 6.23. The second kappa shape index (κ2) is 5.11. The van der Waals surface area contributed by atoms with E-state index in [1.165, 1.54) is 10.6 Å². The maximum absolute atomic E-state index is 12.6. The second-order valence-corrected chi connectivity index (χ2v) is 4.52. The lowest BCUT2D eigenvalue weighted by Gasteiger charge is -2.07. The molecular weight excluding hydrogens is 257 g/mol. The molecule has 0 aliphatic carbocycles. The molecule has 0 atom stereocenters. The van der Waals surface area contributed by atoms with Crippen LogP contribution >= 0.6 is 0 Å². The lowest BCUT2D eigenvalue weighted by atomic mass is 10.2. The predicted molar refractivity (Wildman–Crippen MR) is 67.1 cm³/mol. The number of aryl methyl sites for hydroxylation is 1. The van der Waals surface area contributed by atoms with Gasteiger partial charge in [0.15, 0.2) is 0 Å². The first kappa shape index (κ1) is 13.7. The quantitative estimate of drug-likeness (QED) is 0.849. The molecule has 2 aromatic rings. The van der Waals surface area contributed by atoms with Crippen LogP contribution in [-0.2, 0) is 12.7 Å². The van der Waals surface area contributed by atoms with E-state index < -0.39 is 11.7 Å². The van der Waals surface area contributed by atoms with E-state index >= 15 is 0 Å². The maximum Gasteiger partial charge on any atom is 0.416 e. The Kier molecular flexibility index (Phi) is 3.68. The Hall–Kier alpha value is -1.72. The number of hydrogen-bond acceptors (Lipinski definition) is 1. The number of hydrogen-bond donors (Lipinski definition) is 1. The first-order valence-corrected chi connectivity index (χ1v) is 6.23. The molecule has 1 aromatic carbocycles. The van der Waals surface area contributed by atoms with E-state index in [0.717, 1.165) is 31.4 Å². The fourth-order valence-electron chi connectivity index (χ4n) is 2.08. The Labute approximate surface area is 108 Å². The normalized spacial score (nSPS) is 12.2. The van der Waals surface area contributed by atoms with Crippen molar-refractivity contribution < 1.29 is 13.2 Å². The van der Waals surface area contributed by atoms with Crippen LogP contribution in [0, 0.1) is 0 Å². The van der Waals surface area contributed by atoms with Crippen LogP contribution in [-0.4, -0.2) is 9.55 Å². The van der Waals surface area contributed by atoms with Gasteiger partial charge in [0.2, 0.25) is 0 Å². The number of benzene rings is 1. The molecule has 0 saturated carbocycles. The van der Waals surface area contributed by atoms with Crippen LogP contribution in [0.15, 0.2) is 23.0 Å². The topological polar surface area (TPSA) is 37.8 Å². The molecule has 0 aliphatic rings. The molecule has 3 nitrogen and oxygen atoms in total. The Morgan fingerprint density at radius 2 is 2.00 bits per heavy atom. The minimum Gasteiger partial charge on any atom is -0.306 e. The highest BCUT2D eigenvalue weighted by Crippen LogP contribution is 2.30. The summed E-state index contributed by atoms with van der Waals surface area (Å²) in [6, 6.07) is 3.33. The van der Waals surface area contributed by atoms with Crippen molar-refractivity contribution in [3.05, 3.63) is 34.2 Å². The third-order valence-electron chi connectivity index (χ3n) is 3.09. The zero-order valence-corrected chi connectivity index (χ0v) is 10.5. The molecule has 0 aliphatic heterocycles. The predicted octanol–water partition coefficient (Wildman–Crippen LogP) is 3.54. The third kappa shape index (κ3) is 2.83. The van der Waals surface area contributed by atoms with Gasteiger partial charge in [-0.3, -0.25) is 4.57 Å². The Bertz CT molecular complexity index is 625. The van der Waals surface area contributed by atoms with E-state index in [1.54, 1.807) is 0 Å². The summed E-state index contributed by atoms with van der Waals surface area (Å²) in [6.07, 6.45) is -1.55. The fourth-order valence-corrected chi connectivity index (χ4v) is 2.08. The average molecular weight is 272 g/mol. The number of nitrogens with one attached hydrogen (secondary N) is 1. The van der Waals surface area contributed by atoms with Gasteiger partial charge in [-0.2, -0.15) is 13.2 Å². The molecule has 1 N–H and O–H groups in total. The molecule has 0 saturated heterocycles. The number of halogens is 3. The van der Waals surface area contributed by atoms with Gasteiger partial charge < -0.3 is 4.98 Å². The lowest BCUT2D eigenvalue weighted by molar-refractivity contribution is -0.137. The van der Waals surface area contributed by atoms with Gasteiger partial charge in [-0.25, -0.2) is 4.79 Å². The van der Waals surface area contributed by atoms with Crippen molar-refractivity contribution in [2.75, 3.05) is 0 Å². The van der Waals surface area contributed by atoms with Crippen LogP contribution in [0.25, 0.3) is 11.0 Å². The molecule has 1 heterocycles. The van der Waals surface area contributed by atoms with Crippen LogP contribution in [0.5, 0.6) is 0 Å². The largest absolute Gasteiger partial charge is 0.416 e. The van der Waals surface area contributed by atoms with Crippen LogP contribution in [0.4, 0.5) is 13.2 Å². The van der Waals surface area contributed by atoms with Gasteiger partial charge in [-0.15, -0.1) is 0 Å². The summed E-state index contributed by atoms with van der Waals surface area (Å²) in [4.78, 5) is 14.2. The highest BCUT2D eigenvalue weighted by Gasteiger charge is 2.30. The highest BCUT2D eigenvalue weighted by molar-refractivity contribution is 5.76. The third-order valence-corrected chi connectivity index (χ3v) is 3.09. The second-order valence-electron chi connectivity index (χ2n) is 4.52. The van der Waals surface area contributed by atoms with Crippen LogP contribution in [0.1, 0.15) is 31.7 Å². The molecule has 1 aromatic heterocycles. The van der Waals surface area contributed by atoms with Gasteiger partial charge in [0, 0.05) is 6.54 Å².